The minimum Gasteiger partial charge on any atom is -0.444 e. The maximum Gasteiger partial charge on any atom is 0.407 e. The van der Waals surface area contributed by atoms with Gasteiger partial charge in [0.2, 0.25) is 0 Å². The normalized spacial score (nSPS) is 11.1. The summed E-state index contributed by atoms with van der Waals surface area (Å²) in [7, 11) is 0. The Bertz CT molecular complexity index is 416. The lowest BCUT2D eigenvalue weighted by atomic mass is 10.2. The Morgan fingerprint density at radius 3 is 2.65 bits per heavy atom. The highest BCUT2D eigenvalue weighted by atomic mass is 19.1. The molecule has 0 saturated carbocycles. The fourth-order valence-electron chi connectivity index (χ4n) is 1.04. The van der Waals surface area contributed by atoms with Crippen LogP contribution in [0.3, 0.4) is 0 Å². The van der Waals surface area contributed by atoms with Gasteiger partial charge in [0.05, 0.1) is 18.4 Å². The van der Waals surface area contributed by atoms with Crippen molar-refractivity contribution in [2.24, 2.45) is 0 Å². The SMILES string of the molecule is CC(C)(C)OC(=O)NCc1ncc(F)cc1F. The average Bonchev–Trinajstić information content (AvgIpc) is 2.13. The Labute approximate surface area is 98.0 Å². The Hall–Kier alpha value is -1.72. The van der Waals surface area contributed by atoms with E-state index in [9.17, 15) is 13.6 Å². The minimum absolute atomic E-state index is 0.0442. The third-order valence-electron chi connectivity index (χ3n) is 1.68. The largest absolute Gasteiger partial charge is 0.444 e. The van der Waals surface area contributed by atoms with Crippen molar-refractivity contribution in [3.05, 3.63) is 29.6 Å². The number of carbonyl (C=O) groups is 1. The first-order chi connectivity index (χ1) is 7.78. The van der Waals surface area contributed by atoms with Gasteiger partial charge >= 0.3 is 6.09 Å². The molecule has 4 nitrogen and oxygen atoms in total. The molecule has 0 aliphatic carbocycles. The van der Waals surface area contributed by atoms with Crippen LogP contribution in [-0.4, -0.2) is 16.7 Å². The number of ether oxygens (including phenoxy) is 1. The van der Waals surface area contributed by atoms with Crippen LogP contribution in [0.25, 0.3) is 0 Å². The van der Waals surface area contributed by atoms with Crippen molar-refractivity contribution in [1.82, 2.24) is 10.3 Å². The first-order valence-electron chi connectivity index (χ1n) is 5.05. The van der Waals surface area contributed by atoms with E-state index in [4.69, 9.17) is 4.74 Å². The van der Waals surface area contributed by atoms with E-state index in [2.05, 4.69) is 10.3 Å². The summed E-state index contributed by atoms with van der Waals surface area (Å²) in [5.74, 6) is -1.57. The number of pyridine rings is 1. The molecule has 0 aliphatic rings. The molecule has 0 atom stereocenters. The molecule has 1 N–H and O–H groups in total. The molecule has 0 fully saturated rings. The average molecular weight is 244 g/mol. The predicted octanol–water partition coefficient (Wildman–Crippen LogP) is 2.38. The lowest BCUT2D eigenvalue weighted by Gasteiger charge is -2.19. The van der Waals surface area contributed by atoms with E-state index in [1.165, 1.54) is 0 Å². The minimum atomic E-state index is -0.805. The zero-order valence-corrected chi connectivity index (χ0v) is 9.88. The van der Waals surface area contributed by atoms with Gasteiger partial charge in [-0.3, -0.25) is 4.98 Å². The van der Waals surface area contributed by atoms with E-state index in [0.29, 0.717) is 6.07 Å². The summed E-state index contributed by atoms with van der Waals surface area (Å²) in [6, 6.07) is 0.707. The zero-order valence-electron chi connectivity index (χ0n) is 9.88. The van der Waals surface area contributed by atoms with Crippen LogP contribution in [0.15, 0.2) is 12.3 Å². The molecular weight excluding hydrogens is 230 g/mol. The lowest BCUT2D eigenvalue weighted by Crippen LogP contribution is -2.32. The highest BCUT2D eigenvalue weighted by molar-refractivity contribution is 5.67. The summed E-state index contributed by atoms with van der Waals surface area (Å²) in [5.41, 5.74) is -0.670. The van der Waals surface area contributed by atoms with Gasteiger partial charge in [0, 0.05) is 6.07 Å². The van der Waals surface area contributed by atoms with Crippen molar-refractivity contribution in [1.29, 1.82) is 0 Å². The molecule has 0 radical (unpaired) electrons. The van der Waals surface area contributed by atoms with Gasteiger partial charge in [-0.2, -0.15) is 0 Å². The van der Waals surface area contributed by atoms with Gasteiger partial charge in [-0.15, -0.1) is 0 Å². The Morgan fingerprint density at radius 1 is 1.47 bits per heavy atom. The number of amides is 1. The molecule has 0 saturated heterocycles. The first-order valence-corrected chi connectivity index (χ1v) is 5.05. The van der Waals surface area contributed by atoms with Crippen LogP contribution in [0.5, 0.6) is 0 Å². The number of nitrogens with zero attached hydrogens (tertiary/aromatic N) is 1. The Morgan fingerprint density at radius 2 is 2.12 bits per heavy atom. The molecule has 6 heteroatoms. The highest BCUT2D eigenvalue weighted by Crippen LogP contribution is 2.08. The van der Waals surface area contributed by atoms with Crippen LogP contribution in [0.2, 0.25) is 0 Å². The molecular formula is C11H14F2N2O2. The number of hydrogen-bond acceptors (Lipinski definition) is 3. The molecule has 1 aromatic heterocycles. The van der Waals surface area contributed by atoms with Gasteiger partial charge in [0.25, 0.3) is 0 Å². The summed E-state index contributed by atoms with van der Waals surface area (Å²) >= 11 is 0. The van der Waals surface area contributed by atoms with Crippen molar-refractivity contribution < 1.29 is 18.3 Å². The lowest BCUT2D eigenvalue weighted by molar-refractivity contribution is 0.0522. The molecule has 1 amide bonds. The Kier molecular flexibility index (Phi) is 3.98. The van der Waals surface area contributed by atoms with Gasteiger partial charge in [-0.1, -0.05) is 0 Å². The smallest absolute Gasteiger partial charge is 0.407 e. The summed E-state index contributed by atoms with van der Waals surface area (Å²) in [6.07, 6.45) is 0.206. The van der Waals surface area contributed by atoms with Crippen LogP contribution in [0, 0.1) is 11.6 Å². The molecule has 1 aromatic rings. The fourth-order valence-corrected chi connectivity index (χ4v) is 1.04. The van der Waals surface area contributed by atoms with Crippen LogP contribution < -0.4 is 5.32 Å². The summed E-state index contributed by atoms with van der Waals surface area (Å²) in [4.78, 5) is 14.8. The van der Waals surface area contributed by atoms with Crippen LogP contribution in [0.4, 0.5) is 13.6 Å². The second-order valence-corrected chi connectivity index (χ2v) is 4.44. The van der Waals surface area contributed by atoms with Crippen molar-refractivity contribution >= 4 is 6.09 Å². The van der Waals surface area contributed by atoms with Crippen LogP contribution in [0.1, 0.15) is 26.5 Å². The van der Waals surface area contributed by atoms with E-state index >= 15 is 0 Å². The standard InChI is InChI=1S/C11H14F2N2O2/c1-11(2,3)17-10(16)15-6-9-8(13)4-7(12)5-14-9/h4-5H,6H2,1-3H3,(H,15,16). The molecule has 1 rings (SSSR count). The number of nitrogens with one attached hydrogen (secondary N) is 1. The number of hydrogen-bond donors (Lipinski definition) is 1. The van der Waals surface area contributed by atoms with Crippen molar-refractivity contribution in [2.75, 3.05) is 0 Å². The molecule has 0 unspecified atom stereocenters. The van der Waals surface area contributed by atoms with E-state index in [1.807, 2.05) is 0 Å². The molecule has 0 spiro atoms. The second-order valence-electron chi connectivity index (χ2n) is 4.44. The highest BCUT2D eigenvalue weighted by Gasteiger charge is 2.16. The predicted molar refractivity (Wildman–Crippen MR) is 57.2 cm³/mol. The van der Waals surface area contributed by atoms with E-state index in [0.717, 1.165) is 6.20 Å². The van der Waals surface area contributed by atoms with Gasteiger partial charge in [-0.05, 0) is 20.8 Å². The third kappa shape index (κ3) is 4.76. The fraction of sp³-hybridized carbons (Fsp3) is 0.455. The Balaban J connectivity index is 2.53. The molecule has 94 valence electrons. The summed E-state index contributed by atoms with van der Waals surface area (Å²) in [6.45, 7) is 4.98. The van der Waals surface area contributed by atoms with Gasteiger partial charge in [-0.25, -0.2) is 13.6 Å². The number of aromatic nitrogens is 1. The van der Waals surface area contributed by atoms with Crippen LogP contribution >= 0.6 is 0 Å². The zero-order chi connectivity index (χ0) is 13.1. The number of alkyl carbamates (subject to hydrolysis) is 1. The van der Waals surface area contributed by atoms with E-state index in [1.54, 1.807) is 20.8 Å². The van der Waals surface area contributed by atoms with Gasteiger partial charge in [0.15, 0.2) is 0 Å². The van der Waals surface area contributed by atoms with Crippen molar-refractivity contribution in [3.8, 4) is 0 Å². The second kappa shape index (κ2) is 5.07. The topological polar surface area (TPSA) is 51.2 Å². The molecule has 1 heterocycles. The van der Waals surface area contributed by atoms with Crippen LogP contribution in [-0.2, 0) is 11.3 Å². The number of halogens is 2. The molecule has 0 bridgehead atoms. The van der Waals surface area contributed by atoms with Gasteiger partial charge in [0.1, 0.15) is 17.2 Å². The monoisotopic (exact) mass is 244 g/mol. The maximum absolute atomic E-state index is 13.1. The van der Waals surface area contributed by atoms with Gasteiger partial charge < -0.3 is 10.1 Å². The van der Waals surface area contributed by atoms with E-state index < -0.39 is 23.3 Å². The van der Waals surface area contributed by atoms with Crippen molar-refractivity contribution in [2.45, 2.75) is 32.9 Å². The maximum atomic E-state index is 13.1. The molecule has 17 heavy (non-hydrogen) atoms. The van der Waals surface area contributed by atoms with Crippen molar-refractivity contribution in [3.63, 3.8) is 0 Å². The third-order valence-corrected chi connectivity index (χ3v) is 1.68. The first kappa shape index (κ1) is 13.3. The quantitative estimate of drug-likeness (QED) is 0.869. The van der Waals surface area contributed by atoms with E-state index in [-0.39, 0.29) is 12.2 Å². The summed E-state index contributed by atoms with van der Waals surface area (Å²) < 4.78 is 30.6. The summed E-state index contributed by atoms with van der Waals surface area (Å²) in [5, 5.41) is 2.33. The number of carbonyl (C=O) groups excluding carboxylic acids is 1. The number of rotatable bonds is 2. The molecule has 0 aliphatic heterocycles. The molecule has 0 aromatic carbocycles.